The normalized spacial score (nSPS) is 40.0. The van der Waals surface area contributed by atoms with Gasteiger partial charge in [-0.1, -0.05) is 6.92 Å². The van der Waals surface area contributed by atoms with Crippen molar-refractivity contribution in [2.24, 2.45) is 11.3 Å². The molecule has 0 aromatic carbocycles. The number of aliphatic carboxylic acids is 1. The quantitative estimate of drug-likeness (QED) is 0.816. The number of carboxylic acids is 1. The Hall–Kier alpha value is -1.10. The van der Waals surface area contributed by atoms with Gasteiger partial charge in [0.1, 0.15) is 0 Å². The van der Waals surface area contributed by atoms with E-state index in [2.05, 4.69) is 5.32 Å². The summed E-state index contributed by atoms with van der Waals surface area (Å²) in [5.74, 6) is -0.484. The highest BCUT2D eigenvalue weighted by atomic mass is 16.4. The molecule has 0 spiro atoms. The van der Waals surface area contributed by atoms with Gasteiger partial charge in [0.2, 0.25) is 5.91 Å². The Labute approximate surface area is 119 Å². The molecule has 4 atom stereocenters. The number of nitrogens with zero attached hydrogens (tertiary/aromatic N) is 1. The van der Waals surface area contributed by atoms with Crippen molar-refractivity contribution in [2.45, 2.75) is 57.5 Å². The van der Waals surface area contributed by atoms with Crippen molar-refractivity contribution in [2.75, 3.05) is 13.1 Å². The molecular formula is C15H24N2O3. The number of nitrogens with one attached hydrogen (secondary N) is 1. The Bertz CT molecular complexity index is 425. The van der Waals surface area contributed by atoms with Gasteiger partial charge in [0, 0.05) is 25.2 Å². The predicted molar refractivity (Wildman–Crippen MR) is 74.2 cm³/mol. The molecule has 5 heteroatoms. The van der Waals surface area contributed by atoms with Gasteiger partial charge in [0.15, 0.2) is 0 Å². The second-order valence-electron chi connectivity index (χ2n) is 6.69. The standard InChI is InChI=1S/C15H24N2O3/c1-2-15(14(19)20)6-3-7-17(9-15)13(18)11-8-10-4-5-12(11)16-10/h10-12,16H,2-9H2,1H3,(H,19,20). The molecule has 0 aliphatic carbocycles. The molecule has 2 bridgehead atoms. The molecule has 0 radical (unpaired) electrons. The number of carboxylic acid groups (broad SMARTS) is 1. The number of hydrogen-bond acceptors (Lipinski definition) is 3. The molecule has 0 saturated carbocycles. The molecule has 2 N–H and O–H groups in total. The van der Waals surface area contributed by atoms with Crippen molar-refractivity contribution in [3.8, 4) is 0 Å². The fraction of sp³-hybridized carbons (Fsp3) is 0.867. The molecule has 3 fully saturated rings. The van der Waals surface area contributed by atoms with E-state index < -0.39 is 11.4 Å². The van der Waals surface area contributed by atoms with Gasteiger partial charge in [-0.2, -0.15) is 0 Å². The molecule has 3 rings (SSSR count). The van der Waals surface area contributed by atoms with Gasteiger partial charge in [-0.15, -0.1) is 0 Å². The van der Waals surface area contributed by atoms with Crippen LogP contribution in [-0.4, -0.2) is 47.1 Å². The summed E-state index contributed by atoms with van der Waals surface area (Å²) in [5, 5.41) is 13.0. The van der Waals surface area contributed by atoms with Gasteiger partial charge < -0.3 is 15.3 Å². The molecular weight excluding hydrogens is 256 g/mol. The van der Waals surface area contributed by atoms with Gasteiger partial charge in [-0.25, -0.2) is 0 Å². The van der Waals surface area contributed by atoms with Gasteiger partial charge in [-0.3, -0.25) is 9.59 Å². The minimum absolute atomic E-state index is 0.0789. The number of fused-ring (bicyclic) bond motifs is 2. The summed E-state index contributed by atoms with van der Waals surface area (Å²) in [6, 6.07) is 0.837. The van der Waals surface area contributed by atoms with Crippen molar-refractivity contribution >= 4 is 11.9 Å². The van der Waals surface area contributed by atoms with E-state index >= 15 is 0 Å². The van der Waals surface area contributed by atoms with Crippen LogP contribution in [0.4, 0.5) is 0 Å². The van der Waals surface area contributed by atoms with Gasteiger partial charge in [-0.05, 0) is 38.5 Å². The maximum atomic E-state index is 12.7. The Morgan fingerprint density at radius 2 is 2.20 bits per heavy atom. The zero-order chi connectivity index (χ0) is 14.3. The number of likely N-dealkylation sites (tertiary alicyclic amines) is 1. The lowest BCUT2D eigenvalue weighted by atomic mass is 9.77. The Balaban J connectivity index is 1.70. The summed E-state index contributed by atoms with van der Waals surface area (Å²) in [4.78, 5) is 26.1. The number of piperidine rings is 1. The van der Waals surface area contributed by atoms with Crippen LogP contribution in [0.5, 0.6) is 0 Å². The van der Waals surface area contributed by atoms with E-state index in [1.54, 1.807) is 0 Å². The minimum atomic E-state index is -0.747. The minimum Gasteiger partial charge on any atom is -0.481 e. The highest BCUT2D eigenvalue weighted by Gasteiger charge is 2.47. The lowest BCUT2D eigenvalue weighted by molar-refractivity contribution is -0.156. The van der Waals surface area contributed by atoms with E-state index in [9.17, 15) is 14.7 Å². The van der Waals surface area contributed by atoms with Crippen LogP contribution in [0.2, 0.25) is 0 Å². The number of rotatable bonds is 3. The van der Waals surface area contributed by atoms with Crippen LogP contribution < -0.4 is 5.32 Å². The zero-order valence-corrected chi connectivity index (χ0v) is 12.1. The summed E-state index contributed by atoms with van der Waals surface area (Å²) < 4.78 is 0. The Morgan fingerprint density at radius 1 is 1.40 bits per heavy atom. The van der Waals surface area contributed by atoms with E-state index in [0.29, 0.717) is 31.5 Å². The van der Waals surface area contributed by atoms with Gasteiger partial charge in [0.25, 0.3) is 0 Å². The second kappa shape index (κ2) is 5.02. The molecule has 3 aliphatic heterocycles. The van der Waals surface area contributed by atoms with E-state index in [4.69, 9.17) is 0 Å². The molecule has 3 saturated heterocycles. The van der Waals surface area contributed by atoms with Crippen molar-refractivity contribution in [1.29, 1.82) is 0 Å². The average molecular weight is 280 g/mol. The summed E-state index contributed by atoms with van der Waals surface area (Å²) in [6.45, 7) is 3.04. The third-order valence-corrected chi connectivity index (χ3v) is 5.64. The number of hydrogen-bond donors (Lipinski definition) is 2. The summed E-state index contributed by atoms with van der Waals surface area (Å²) in [7, 11) is 0. The highest BCUT2D eigenvalue weighted by Crippen LogP contribution is 2.38. The topological polar surface area (TPSA) is 69.6 Å². The summed E-state index contributed by atoms with van der Waals surface area (Å²) >= 11 is 0. The zero-order valence-electron chi connectivity index (χ0n) is 12.1. The molecule has 4 unspecified atom stereocenters. The van der Waals surface area contributed by atoms with E-state index in [0.717, 1.165) is 25.8 Å². The van der Waals surface area contributed by atoms with Crippen molar-refractivity contribution in [3.63, 3.8) is 0 Å². The van der Waals surface area contributed by atoms with Crippen molar-refractivity contribution in [3.05, 3.63) is 0 Å². The molecule has 1 amide bonds. The lowest BCUT2D eigenvalue weighted by Gasteiger charge is -2.41. The second-order valence-corrected chi connectivity index (χ2v) is 6.69. The SMILES string of the molecule is CCC1(C(=O)O)CCCN(C(=O)C2CC3CCC2N3)C1. The molecule has 0 aromatic rings. The third-order valence-electron chi connectivity index (χ3n) is 5.64. The first-order chi connectivity index (χ1) is 9.55. The van der Waals surface area contributed by atoms with Crippen molar-refractivity contribution in [1.82, 2.24) is 10.2 Å². The highest BCUT2D eigenvalue weighted by molar-refractivity contribution is 5.82. The van der Waals surface area contributed by atoms with Crippen LogP contribution in [0.3, 0.4) is 0 Å². The average Bonchev–Trinajstić information content (AvgIpc) is 3.09. The first-order valence-electron chi connectivity index (χ1n) is 7.84. The van der Waals surface area contributed by atoms with Crippen LogP contribution in [0.25, 0.3) is 0 Å². The van der Waals surface area contributed by atoms with E-state index in [1.165, 1.54) is 6.42 Å². The molecule has 112 valence electrons. The van der Waals surface area contributed by atoms with Gasteiger partial charge in [0.05, 0.1) is 11.3 Å². The fourth-order valence-corrected chi connectivity index (χ4v) is 4.27. The number of carbonyl (C=O) groups is 2. The number of carbonyl (C=O) groups excluding carboxylic acids is 1. The van der Waals surface area contributed by atoms with Crippen LogP contribution in [0, 0.1) is 11.3 Å². The number of amides is 1. The smallest absolute Gasteiger partial charge is 0.311 e. The van der Waals surface area contributed by atoms with Crippen LogP contribution in [0.1, 0.15) is 45.4 Å². The predicted octanol–water partition coefficient (Wildman–Crippen LogP) is 1.23. The monoisotopic (exact) mass is 280 g/mol. The van der Waals surface area contributed by atoms with Crippen LogP contribution in [-0.2, 0) is 9.59 Å². The van der Waals surface area contributed by atoms with E-state index in [-0.39, 0.29) is 11.8 Å². The third kappa shape index (κ3) is 2.12. The fourth-order valence-electron chi connectivity index (χ4n) is 4.27. The molecule has 20 heavy (non-hydrogen) atoms. The van der Waals surface area contributed by atoms with Crippen LogP contribution in [0.15, 0.2) is 0 Å². The Kier molecular flexibility index (Phi) is 3.48. The van der Waals surface area contributed by atoms with Crippen molar-refractivity contribution < 1.29 is 14.7 Å². The first kappa shape index (κ1) is 13.9. The largest absolute Gasteiger partial charge is 0.481 e. The van der Waals surface area contributed by atoms with Gasteiger partial charge >= 0.3 is 5.97 Å². The maximum Gasteiger partial charge on any atom is 0.311 e. The first-order valence-corrected chi connectivity index (χ1v) is 7.84. The van der Waals surface area contributed by atoms with E-state index in [1.807, 2.05) is 11.8 Å². The molecule has 3 aliphatic rings. The van der Waals surface area contributed by atoms with Crippen LogP contribution >= 0.6 is 0 Å². The Morgan fingerprint density at radius 3 is 2.75 bits per heavy atom. The maximum absolute atomic E-state index is 12.7. The lowest BCUT2D eigenvalue weighted by Crippen LogP contribution is -2.52. The summed E-state index contributed by atoms with van der Waals surface area (Å²) in [6.07, 6.45) is 5.31. The molecule has 0 aromatic heterocycles. The molecule has 5 nitrogen and oxygen atoms in total. The summed E-state index contributed by atoms with van der Waals surface area (Å²) in [5.41, 5.74) is -0.723. The molecule has 3 heterocycles.